The number of nitrogens with one attached hydrogen (secondary N) is 3. The molecule has 0 heterocycles. The Kier molecular flexibility index (Phi) is 9.42. The summed E-state index contributed by atoms with van der Waals surface area (Å²) in [5.41, 5.74) is 6.94. The Bertz CT molecular complexity index is 1120. The van der Waals surface area contributed by atoms with E-state index < -0.39 is 11.8 Å². The van der Waals surface area contributed by atoms with Crippen molar-refractivity contribution in [3.05, 3.63) is 95.6 Å². The highest BCUT2D eigenvalue weighted by Crippen LogP contribution is 2.18. The molecule has 0 saturated heterocycles. The van der Waals surface area contributed by atoms with Crippen LogP contribution in [0.4, 0.5) is 0 Å². The molecule has 0 bridgehead atoms. The maximum absolute atomic E-state index is 12.6. The number of hydrazine groups is 1. The number of thiocarbonyl (C=S) groups is 1. The second-order valence-electron chi connectivity index (χ2n) is 7.32. The summed E-state index contributed by atoms with van der Waals surface area (Å²) in [6.45, 7) is 2.98. The van der Waals surface area contributed by atoms with Crippen LogP contribution >= 0.6 is 12.2 Å². The Morgan fingerprint density at radius 2 is 1.59 bits per heavy atom. The van der Waals surface area contributed by atoms with E-state index in [0.29, 0.717) is 35.8 Å². The van der Waals surface area contributed by atoms with Crippen LogP contribution in [0.25, 0.3) is 0 Å². The highest BCUT2D eigenvalue weighted by Gasteiger charge is 2.13. The lowest BCUT2D eigenvalue weighted by Gasteiger charge is -2.13. The quantitative estimate of drug-likeness (QED) is 0.318. The normalized spacial score (nSPS) is 10.1. The van der Waals surface area contributed by atoms with E-state index in [9.17, 15) is 9.59 Å². The fraction of sp³-hybridized carbons (Fsp3) is 0.192. The Labute approximate surface area is 204 Å². The van der Waals surface area contributed by atoms with E-state index in [1.54, 1.807) is 48.5 Å². The number of para-hydroxylation sites is 1. The first kappa shape index (κ1) is 24.7. The van der Waals surface area contributed by atoms with Crippen LogP contribution in [0, 0.1) is 0 Å². The second kappa shape index (κ2) is 13.0. The van der Waals surface area contributed by atoms with Crippen molar-refractivity contribution in [1.82, 2.24) is 16.2 Å². The molecule has 0 spiro atoms. The molecule has 8 heteroatoms. The molecule has 3 aromatic rings. The van der Waals surface area contributed by atoms with Gasteiger partial charge in [-0.3, -0.25) is 25.8 Å². The molecule has 34 heavy (non-hydrogen) atoms. The van der Waals surface area contributed by atoms with Gasteiger partial charge in [0, 0.05) is 12.0 Å². The SMILES string of the molecule is CCCOc1ccccc1C(=O)NNC(=S)NC(=O)c1cccc(OCCc2ccccc2)c1. The Morgan fingerprint density at radius 3 is 2.38 bits per heavy atom. The molecule has 7 nitrogen and oxygen atoms in total. The van der Waals surface area contributed by atoms with E-state index >= 15 is 0 Å². The van der Waals surface area contributed by atoms with Crippen molar-refractivity contribution in [1.29, 1.82) is 0 Å². The van der Waals surface area contributed by atoms with Gasteiger partial charge in [0.1, 0.15) is 11.5 Å². The van der Waals surface area contributed by atoms with Crippen molar-refractivity contribution >= 4 is 29.1 Å². The third-order valence-corrected chi connectivity index (χ3v) is 4.91. The third kappa shape index (κ3) is 7.60. The van der Waals surface area contributed by atoms with Gasteiger partial charge in [0.25, 0.3) is 11.8 Å². The number of carbonyl (C=O) groups is 2. The van der Waals surface area contributed by atoms with Crippen molar-refractivity contribution in [2.24, 2.45) is 0 Å². The highest BCUT2D eigenvalue weighted by atomic mass is 32.1. The molecule has 0 aliphatic rings. The highest BCUT2D eigenvalue weighted by molar-refractivity contribution is 7.80. The summed E-state index contributed by atoms with van der Waals surface area (Å²) in [5.74, 6) is 0.200. The average Bonchev–Trinajstić information content (AvgIpc) is 2.87. The van der Waals surface area contributed by atoms with E-state index in [1.807, 2.05) is 37.3 Å². The molecule has 0 aliphatic heterocycles. The molecule has 176 valence electrons. The van der Waals surface area contributed by atoms with E-state index in [1.165, 1.54) is 5.56 Å². The summed E-state index contributed by atoms with van der Waals surface area (Å²) in [7, 11) is 0. The molecule has 0 aliphatic carbocycles. The molecule has 0 fully saturated rings. The topological polar surface area (TPSA) is 88.7 Å². The fourth-order valence-electron chi connectivity index (χ4n) is 3.04. The van der Waals surface area contributed by atoms with Crippen molar-refractivity contribution in [3.63, 3.8) is 0 Å². The zero-order valence-electron chi connectivity index (χ0n) is 18.9. The van der Waals surface area contributed by atoms with Gasteiger partial charge in [0.2, 0.25) is 0 Å². The van der Waals surface area contributed by atoms with Crippen LogP contribution in [0.1, 0.15) is 39.6 Å². The lowest BCUT2D eigenvalue weighted by Crippen LogP contribution is -2.48. The minimum Gasteiger partial charge on any atom is -0.493 e. The maximum atomic E-state index is 12.6. The van der Waals surface area contributed by atoms with Gasteiger partial charge < -0.3 is 9.47 Å². The molecule has 3 N–H and O–H groups in total. The van der Waals surface area contributed by atoms with Crippen molar-refractivity contribution in [2.45, 2.75) is 19.8 Å². The summed E-state index contributed by atoms with van der Waals surface area (Å²) < 4.78 is 11.4. The fourth-order valence-corrected chi connectivity index (χ4v) is 3.18. The average molecular weight is 478 g/mol. The summed E-state index contributed by atoms with van der Waals surface area (Å²) in [6.07, 6.45) is 1.58. The predicted molar refractivity (Wildman–Crippen MR) is 135 cm³/mol. The van der Waals surface area contributed by atoms with Gasteiger partial charge in [-0.2, -0.15) is 0 Å². The Morgan fingerprint density at radius 1 is 0.824 bits per heavy atom. The van der Waals surface area contributed by atoms with Crippen LogP contribution in [0.3, 0.4) is 0 Å². The predicted octanol–water partition coefficient (Wildman–Crippen LogP) is 4.05. The van der Waals surface area contributed by atoms with E-state index in [0.717, 1.165) is 12.8 Å². The monoisotopic (exact) mass is 477 g/mol. The van der Waals surface area contributed by atoms with Crippen molar-refractivity contribution < 1.29 is 19.1 Å². The minimum absolute atomic E-state index is 0.0410. The second-order valence-corrected chi connectivity index (χ2v) is 7.73. The van der Waals surface area contributed by atoms with Crippen LogP contribution in [0.15, 0.2) is 78.9 Å². The lowest BCUT2D eigenvalue weighted by atomic mass is 10.2. The van der Waals surface area contributed by atoms with Crippen LogP contribution in [-0.4, -0.2) is 30.1 Å². The van der Waals surface area contributed by atoms with E-state index in [2.05, 4.69) is 16.2 Å². The zero-order valence-corrected chi connectivity index (χ0v) is 19.7. The molecular formula is C26H27N3O4S. The zero-order chi connectivity index (χ0) is 24.2. The van der Waals surface area contributed by atoms with Crippen LogP contribution < -0.4 is 25.6 Å². The molecule has 0 radical (unpaired) electrons. The number of hydrogen-bond acceptors (Lipinski definition) is 5. The number of rotatable bonds is 9. The van der Waals surface area contributed by atoms with Gasteiger partial charge in [-0.05, 0) is 54.5 Å². The number of carbonyl (C=O) groups excluding carboxylic acids is 2. The summed E-state index contributed by atoms with van der Waals surface area (Å²) >= 11 is 5.14. The van der Waals surface area contributed by atoms with Crippen LogP contribution in [-0.2, 0) is 6.42 Å². The molecule has 3 aromatic carbocycles. The Balaban J connectivity index is 1.48. The van der Waals surface area contributed by atoms with Crippen molar-refractivity contribution in [2.75, 3.05) is 13.2 Å². The summed E-state index contributed by atoms with van der Waals surface area (Å²) in [6, 6.07) is 23.7. The van der Waals surface area contributed by atoms with Gasteiger partial charge >= 0.3 is 0 Å². The van der Waals surface area contributed by atoms with Crippen molar-refractivity contribution in [3.8, 4) is 11.5 Å². The van der Waals surface area contributed by atoms with Gasteiger partial charge in [-0.1, -0.05) is 55.5 Å². The number of hydrogen-bond donors (Lipinski definition) is 3. The maximum Gasteiger partial charge on any atom is 0.273 e. The molecule has 0 aromatic heterocycles. The van der Waals surface area contributed by atoms with Gasteiger partial charge in [-0.25, -0.2) is 0 Å². The van der Waals surface area contributed by atoms with Gasteiger partial charge in [0.05, 0.1) is 18.8 Å². The molecule has 0 unspecified atom stereocenters. The minimum atomic E-state index is -0.433. The Hall–Kier alpha value is -3.91. The number of benzene rings is 3. The first-order valence-electron chi connectivity index (χ1n) is 11.0. The first-order chi connectivity index (χ1) is 16.6. The third-order valence-electron chi connectivity index (χ3n) is 4.71. The number of ether oxygens (including phenoxy) is 2. The number of amides is 2. The standard InChI is InChI=1S/C26H27N3O4S/c1-2-16-33-23-14-7-6-13-22(23)25(31)28-29-26(34)27-24(30)20-11-8-12-21(18-20)32-17-15-19-9-4-3-5-10-19/h3-14,18H,2,15-17H2,1H3,(H,28,31)(H2,27,29,30,34). The molecule has 0 saturated carbocycles. The lowest BCUT2D eigenvalue weighted by molar-refractivity contribution is 0.0931. The summed E-state index contributed by atoms with van der Waals surface area (Å²) in [4.78, 5) is 25.1. The molecule has 2 amide bonds. The molecule has 0 atom stereocenters. The summed E-state index contributed by atoms with van der Waals surface area (Å²) in [5, 5.41) is 2.50. The van der Waals surface area contributed by atoms with E-state index in [4.69, 9.17) is 21.7 Å². The molecular weight excluding hydrogens is 450 g/mol. The first-order valence-corrected chi connectivity index (χ1v) is 11.4. The van der Waals surface area contributed by atoms with Crippen LogP contribution in [0.2, 0.25) is 0 Å². The van der Waals surface area contributed by atoms with Crippen LogP contribution in [0.5, 0.6) is 11.5 Å². The van der Waals surface area contributed by atoms with Gasteiger partial charge in [-0.15, -0.1) is 0 Å². The smallest absolute Gasteiger partial charge is 0.273 e. The van der Waals surface area contributed by atoms with Gasteiger partial charge in [0.15, 0.2) is 5.11 Å². The molecule has 3 rings (SSSR count). The largest absolute Gasteiger partial charge is 0.493 e. The van der Waals surface area contributed by atoms with E-state index in [-0.39, 0.29) is 5.11 Å².